The van der Waals surface area contributed by atoms with Gasteiger partial charge in [0.15, 0.2) is 0 Å². The van der Waals surface area contributed by atoms with Gasteiger partial charge in [-0.15, -0.1) is 0 Å². The summed E-state index contributed by atoms with van der Waals surface area (Å²) >= 11 is 2.07. The Hall–Kier alpha value is 0.310. The lowest BCUT2D eigenvalue weighted by Crippen LogP contribution is -2.45. The van der Waals surface area contributed by atoms with Gasteiger partial charge in [-0.3, -0.25) is 0 Å². The molecule has 3 unspecified atom stereocenters. The van der Waals surface area contributed by atoms with Gasteiger partial charge in [-0.2, -0.15) is 11.8 Å². The van der Waals surface area contributed by atoms with Crippen LogP contribution in [0.3, 0.4) is 0 Å². The highest BCUT2D eigenvalue weighted by Gasteiger charge is 2.27. The summed E-state index contributed by atoms with van der Waals surface area (Å²) in [6, 6.07) is 1.53. The molecule has 0 aliphatic heterocycles. The molecule has 16 heavy (non-hydrogen) atoms. The zero-order valence-electron chi connectivity index (χ0n) is 10.9. The Balaban J connectivity index is 1.72. The molecule has 1 nitrogen and oxygen atoms in total. The van der Waals surface area contributed by atoms with E-state index in [1.807, 2.05) is 0 Å². The topological polar surface area (TPSA) is 12.0 Å². The number of nitrogens with one attached hydrogen (secondary N) is 1. The molecule has 0 radical (unpaired) electrons. The highest BCUT2D eigenvalue weighted by Crippen LogP contribution is 2.32. The van der Waals surface area contributed by atoms with E-state index >= 15 is 0 Å². The van der Waals surface area contributed by atoms with Crippen molar-refractivity contribution in [1.82, 2.24) is 5.32 Å². The second-order valence-corrected chi connectivity index (χ2v) is 6.84. The van der Waals surface area contributed by atoms with Gasteiger partial charge >= 0.3 is 0 Å². The van der Waals surface area contributed by atoms with Gasteiger partial charge in [-0.1, -0.05) is 32.1 Å². The van der Waals surface area contributed by atoms with Crippen LogP contribution in [-0.4, -0.2) is 23.6 Å². The third-order valence-corrected chi connectivity index (χ3v) is 5.59. The van der Waals surface area contributed by atoms with Crippen LogP contribution in [0.5, 0.6) is 0 Å². The Morgan fingerprint density at radius 1 is 1.12 bits per heavy atom. The third-order valence-electron chi connectivity index (χ3n) is 4.42. The van der Waals surface area contributed by atoms with Crippen molar-refractivity contribution < 1.29 is 0 Å². The van der Waals surface area contributed by atoms with E-state index in [-0.39, 0.29) is 0 Å². The molecule has 0 heterocycles. The fourth-order valence-electron chi connectivity index (χ4n) is 3.23. The predicted octanol–water partition coefficient (Wildman–Crippen LogP) is 3.83. The van der Waals surface area contributed by atoms with Crippen LogP contribution in [0.25, 0.3) is 0 Å². The van der Waals surface area contributed by atoms with E-state index in [0.717, 1.165) is 23.3 Å². The Morgan fingerprint density at radius 2 is 1.88 bits per heavy atom. The number of rotatable bonds is 5. The van der Waals surface area contributed by atoms with Crippen molar-refractivity contribution in [2.75, 3.05) is 6.26 Å². The van der Waals surface area contributed by atoms with Crippen LogP contribution in [0.15, 0.2) is 0 Å². The van der Waals surface area contributed by atoms with E-state index < -0.39 is 0 Å². The predicted molar refractivity (Wildman–Crippen MR) is 74.1 cm³/mol. The highest BCUT2D eigenvalue weighted by atomic mass is 32.2. The minimum atomic E-state index is 0.739. The molecule has 0 saturated heterocycles. The molecule has 94 valence electrons. The van der Waals surface area contributed by atoms with E-state index in [2.05, 4.69) is 30.3 Å². The minimum Gasteiger partial charge on any atom is -0.310 e. The average molecular weight is 241 g/mol. The molecule has 0 aromatic carbocycles. The molecular weight excluding hydrogens is 214 g/mol. The van der Waals surface area contributed by atoms with Gasteiger partial charge in [0.1, 0.15) is 0 Å². The molecule has 2 rings (SSSR count). The highest BCUT2D eigenvalue weighted by molar-refractivity contribution is 7.99. The summed E-state index contributed by atoms with van der Waals surface area (Å²) in [6.07, 6.45) is 13.9. The molecule has 2 saturated carbocycles. The van der Waals surface area contributed by atoms with Crippen molar-refractivity contribution in [1.29, 1.82) is 0 Å². The van der Waals surface area contributed by atoms with Crippen molar-refractivity contribution in [3.8, 4) is 0 Å². The van der Waals surface area contributed by atoms with Crippen LogP contribution in [0.1, 0.15) is 58.3 Å². The van der Waals surface area contributed by atoms with Crippen LogP contribution in [-0.2, 0) is 0 Å². The first-order valence-electron chi connectivity index (χ1n) is 7.08. The quantitative estimate of drug-likeness (QED) is 0.785. The van der Waals surface area contributed by atoms with E-state index in [4.69, 9.17) is 0 Å². The zero-order valence-corrected chi connectivity index (χ0v) is 11.7. The summed E-state index contributed by atoms with van der Waals surface area (Å²) < 4.78 is 0. The summed E-state index contributed by atoms with van der Waals surface area (Å²) in [5, 5.41) is 4.77. The van der Waals surface area contributed by atoms with Gasteiger partial charge in [0.2, 0.25) is 0 Å². The standard InChI is InChI=1S/C14H27NS/c1-11(10-12-6-5-7-12)15-13-8-3-4-9-14(13)16-2/h11-15H,3-10H2,1-2H3. The van der Waals surface area contributed by atoms with Crippen molar-refractivity contribution in [2.24, 2.45) is 5.92 Å². The lowest BCUT2D eigenvalue weighted by Gasteiger charge is -2.35. The van der Waals surface area contributed by atoms with E-state index in [0.29, 0.717) is 0 Å². The van der Waals surface area contributed by atoms with Gasteiger partial charge in [0.25, 0.3) is 0 Å². The Kier molecular flexibility index (Phi) is 5.02. The van der Waals surface area contributed by atoms with Crippen molar-refractivity contribution in [3.63, 3.8) is 0 Å². The molecule has 0 amide bonds. The van der Waals surface area contributed by atoms with Crippen LogP contribution < -0.4 is 5.32 Å². The largest absolute Gasteiger partial charge is 0.310 e. The van der Waals surface area contributed by atoms with Crippen LogP contribution in [0, 0.1) is 5.92 Å². The van der Waals surface area contributed by atoms with Crippen LogP contribution in [0.4, 0.5) is 0 Å². The maximum absolute atomic E-state index is 3.90. The first-order chi connectivity index (χ1) is 7.79. The summed E-state index contributed by atoms with van der Waals surface area (Å²) in [5.41, 5.74) is 0. The van der Waals surface area contributed by atoms with Gasteiger partial charge in [-0.05, 0) is 38.4 Å². The fourth-order valence-corrected chi connectivity index (χ4v) is 4.18. The van der Waals surface area contributed by atoms with E-state index in [1.54, 1.807) is 0 Å². The molecule has 2 aliphatic rings. The minimum absolute atomic E-state index is 0.739. The molecule has 2 fully saturated rings. The molecule has 0 spiro atoms. The lowest BCUT2D eigenvalue weighted by molar-refractivity contribution is 0.247. The summed E-state index contributed by atoms with van der Waals surface area (Å²) in [5.74, 6) is 1.04. The van der Waals surface area contributed by atoms with Gasteiger partial charge in [0.05, 0.1) is 0 Å². The van der Waals surface area contributed by atoms with Crippen molar-refractivity contribution in [3.05, 3.63) is 0 Å². The molecule has 3 atom stereocenters. The molecular formula is C14H27NS. The van der Waals surface area contributed by atoms with Crippen LogP contribution >= 0.6 is 11.8 Å². The number of hydrogen-bond acceptors (Lipinski definition) is 2. The molecule has 0 aromatic heterocycles. The average Bonchev–Trinajstić information content (AvgIpc) is 2.24. The van der Waals surface area contributed by atoms with Gasteiger partial charge < -0.3 is 5.32 Å². The maximum atomic E-state index is 3.90. The van der Waals surface area contributed by atoms with Crippen LogP contribution in [0.2, 0.25) is 0 Å². The molecule has 2 aliphatic carbocycles. The monoisotopic (exact) mass is 241 g/mol. The summed E-state index contributed by atoms with van der Waals surface area (Å²) in [4.78, 5) is 0. The summed E-state index contributed by atoms with van der Waals surface area (Å²) in [6.45, 7) is 2.39. The summed E-state index contributed by atoms with van der Waals surface area (Å²) in [7, 11) is 0. The fraction of sp³-hybridized carbons (Fsp3) is 1.00. The molecule has 2 heteroatoms. The van der Waals surface area contributed by atoms with Gasteiger partial charge in [-0.25, -0.2) is 0 Å². The smallest absolute Gasteiger partial charge is 0.0198 e. The first kappa shape index (κ1) is 12.8. The normalized spacial score (nSPS) is 33.4. The Labute approximate surface area is 105 Å². The maximum Gasteiger partial charge on any atom is 0.0198 e. The van der Waals surface area contributed by atoms with E-state index in [1.165, 1.54) is 51.4 Å². The number of thioether (sulfide) groups is 1. The number of hydrogen-bond donors (Lipinski definition) is 1. The second kappa shape index (κ2) is 6.30. The Morgan fingerprint density at radius 3 is 2.50 bits per heavy atom. The lowest BCUT2D eigenvalue weighted by atomic mass is 9.81. The zero-order chi connectivity index (χ0) is 11.4. The molecule has 0 bridgehead atoms. The van der Waals surface area contributed by atoms with Crippen molar-refractivity contribution >= 4 is 11.8 Å². The SMILES string of the molecule is CSC1CCCCC1NC(C)CC1CCC1. The van der Waals surface area contributed by atoms with Gasteiger partial charge in [0, 0.05) is 17.3 Å². The molecule has 0 aromatic rings. The third kappa shape index (κ3) is 3.40. The molecule has 1 N–H and O–H groups in total. The second-order valence-electron chi connectivity index (χ2n) is 5.77. The Bertz CT molecular complexity index is 203. The first-order valence-corrected chi connectivity index (χ1v) is 8.37. The van der Waals surface area contributed by atoms with E-state index in [9.17, 15) is 0 Å². The van der Waals surface area contributed by atoms with Crippen molar-refractivity contribution in [2.45, 2.75) is 75.6 Å².